The molecule has 2 fully saturated rings. The van der Waals surface area contributed by atoms with Crippen LogP contribution < -0.4 is 0 Å². The molecule has 0 bridgehead atoms. The zero-order valence-electron chi connectivity index (χ0n) is 19.1. The lowest BCUT2D eigenvalue weighted by molar-refractivity contribution is -0.102. The number of hydrogen-bond donors (Lipinski definition) is 0. The number of unbranched alkanes of at least 4 members (excludes halogenated alkanes) is 2. The van der Waals surface area contributed by atoms with Crippen molar-refractivity contribution < 1.29 is 13.5 Å². The Bertz CT molecular complexity index is 586. The van der Waals surface area contributed by atoms with Gasteiger partial charge in [0.25, 0.3) is 0 Å². The molecule has 170 valence electrons. The van der Waals surface area contributed by atoms with Crippen LogP contribution in [0.1, 0.15) is 97.3 Å². The topological polar surface area (TPSA) is 9.23 Å². The molecule has 3 aliphatic carbocycles. The van der Waals surface area contributed by atoms with Gasteiger partial charge in [-0.1, -0.05) is 44.3 Å². The molecule has 0 heterocycles. The molecule has 0 aromatic rings. The monoisotopic (exact) mass is 420 g/mol. The molecule has 0 saturated heterocycles. The lowest BCUT2D eigenvalue weighted by atomic mass is 9.67. The summed E-state index contributed by atoms with van der Waals surface area (Å²) in [6.07, 6.45) is 17.5. The minimum Gasteiger partial charge on any atom is -0.359 e. The number of rotatable bonds is 8. The van der Waals surface area contributed by atoms with Crippen molar-refractivity contribution in [3.8, 4) is 12.3 Å². The van der Waals surface area contributed by atoms with Gasteiger partial charge in [0, 0.05) is 0 Å². The van der Waals surface area contributed by atoms with Crippen molar-refractivity contribution in [3.05, 3.63) is 11.6 Å². The second-order valence-electron chi connectivity index (χ2n) is 10.2. The van der Waals surface area contributed by atoms with Gasteiger partial charge in [-0.25, -0.2) is 8.78 Å². The second-order valence-corrected chi connectivity index (χ2v) is 10.2. The van der Waals surface area contributed by atoms with Crippen LogP contribution in [-0.4, -0.2) is 24.6 Å². The Labute approximate surface area is 183 Å². The normalized spacial score (nSPS) is 38.5. The third-order valence-electron chi connectivity index (χ3n) is 8.06. The summed E-state index contributed by atoms with van der Waals surface area (Å²) < 4.78 is 35.9. The van der Waals surface area contributed by atoms with E-state index in [0.29, 0.717) is 18.3 Å². The van der Waals surface area contributed by atoms with Crippen LogP contribution in [0.2, 0.25) is 0 Å². The predicted molar refractivity (Wildman–Crippen MR) is 121 cm³/mol. The molecular weight excluding hydrogens is 378 g/mol. The maximum atomic E-state index is 15.1. The number of terminal acetylenes is 1. The average Bonchev–Trinajstić information content (AvgIpc) is 2.77. The van der Waals surface area contributed by atoms with Crippen LogP contribution in [0, 0.1) is 36.0 Å². The number of ether oxygens (including phenoxy) is 1. The van der Waals surface area contributed by atoms with Crippen LogP contribution in [0.15, 0.2) is 11.6 Å². The standard InChI is InChI=1S/C27H42F2O/c1-4-6-7-8-23(5-2)30-25-18-17-24(26(28)27(25)29)22-15-13-21(14-16-22)20-11-9-19(3)10-12-20/h2,11,19,21-27H,4,6-10,12-18H2,1,3H3. The molecule has 0 radical (unpaired) electrons. The van der Waals surface area contributed by atoms with E-state index in [0.717, 1.165) is 63.7 Å². The van der Waals surface area contributed by atoms with Gasteiger partial charge in [-0.15, -0.1) is 6.42 Å². The van der Waals surface area contributed by atoms with Crippen molar-refractivity contribution in [1.82, 2.24) is 0 Å². The van der Waals surface area contributed by atoms with Crippen molar-refractivity contribution in [2.45, 2.75) is 122 Å². The zero-order chi connectivity index (χ0) is 21.5. The molecule has 0 aliphatic heterocycles. The second kappa shape index (κ2) is 11.7. The van der Waals surface area contributed by atoms with Crippen LogP contribution in [-0.2, 0) is 4.74 Å². The summed E-state index contributed by atoms with van der Waals surface area (Å²) in [6.45, 7) is 4.47. The molecule has 3 aliphatic rings. The van der Waals surface area contributed by atoms with Gasteiger partial charge in [-0.05, 0) is 94.3 Å². The first-order valence-corrected chi connectivity index (χ1v) is 12.6. The SMILES string of the molecule is C#CC(CCCCC)OC1CCC(C2CCC(C3=CCC(C)CC3)CC2)C(F)C1F. The van der Waals surface area contributed by atoms with Crippen molar-refractivity contribution in [2.24, 2.45) is 23.7 Å². The summed E-state index contributed by atoms with van der Waals surface area (Å²) in [5.74, 6) is 4.32. The number of allylic oxidation sites excluding steroid dienone is 2. The first kappa shape index (κ1) is 23.8. The van der Waals surface area contributed by atoms with Gasteiger partial charge in [-0.2, -0.15) is 0 Å². The first-order chi connectivity index (χ1) is 14.5. The molecule has 0 N–H and O–H groups in total. The highest BCUT2D eigenvalue weighted by atomic mass is 19.2. The van der Waals surface area contributed by atoms with Crippen LogP contribution >= 0.6 is 0 Å². The van der Waals surface area contributed by atoms with Gasteiger partial charge in [0.15, 0.2) is 6.17 Å². The zero-order valence-corrected chi connectivity index (χ0v) is 19.1. The maximum Gasteiger partial charge on any atom is 0.157 e. The third kappa shape index (κ3) is 6.09. The van der Waals surface area contributed by atoms with E-state index in [2.05, 4.69) is 25.8 Å². The summed E-state index contributed by atoms with van der Waals surface area (Å²) in [6, 6.07) is 0. The lowest BCUT2D eigenvalue weighted by Crippen LogP contribution is -2.46. The van der Waals surface area contributed by atoms with E-state index in [9.17, 15) is 4.39 Å². The van der Waals surface area contributed by atoms with Crippen molar-refractivity contribution >= 4 is 0 Å². The lowest BCUT2D eigenvalue weighted by Gasteiger charge is -2.42. The van der Waals surface area contributed by atoms with Crippen LogP contribution in [0.25, 0.3) is 0 Å². The molecule has 3 rings (SSSR count). The van der Waals surface area contributed by atoms with Gasteiger partial charge in [0.2, 0.25) is 0 Å². The molecule has 2 saturated carbocycles. The summed E-state index contributed by atoms with van der Waals surface area (Å²) in [5, 5.41) is 0. The minimum atomic E-state index is -1.54. The highest BCUT2D eigenvalue weighted by Crippen LogP contribution is 2.45. The summed E-state index contributed by atoms with van der Waals surface area (Å²) in [5.41, 5.74) is 1.65. The molecule has 0 spiro atoms. The number of alkyl halides is 2. The maximum absolute atomic E-state index is 15.1. The van der Waals surface area contributed by atoms with Gasteiger partial charge >= 0.3 is 0 Å². The van der Waals surface area contributed by atoms with Gasteiger partial charge in [0.05, 0.1) is 6.10 Å². The molecule has 1 nitrogen and oxygen atoms in total. The predicted octanol–water partition coefficient (Wildman–Crippen LogP) is 7.59. The molecule has 3 heteroatoms. The summed E-state index contributed by atoms with van der Waals surface area (Å²) in [4.78, 5) is 0. The Morgan fingerprint density at radius 1 is 1.07 bits per heavy atom. The van der Waals surface area contributed by atoms with Crippen molar-refractivity contribution in [1.29, 1.82) is 0 Å². The van der Waals surface area contributed by atoms with Gasteiger partial charge in [-0.3, -0.25) is 0 Å². The summed E-state index contributed by atoms with van der Waals surface area (Å²) in [7, 11) is 0. The van der Waals surface area contributed by atoms with E-state index >= 15 is 4.39 Å². The Morgan fingerprint density at radius 3 is 2.47 bits per heavy atom. The van der Waals surface area contributed by atoms with E-state index in [1.165, 1.54) is 19.3 Å². The third-order valence-corrected chi connectivity index (χ3v) is 8.06. The molecule has 0 aromatic heterocycles. The largest absolute Gasteiger partial charge is 0.359 e. The Morgan fingerprint density at radius 2 is 1.83 bits per heavy atom. The fourth-order valence-electron chi connectivity index (χ4n) is 6.01. The van der Waals surface area contributed by atoms with Crippen LogP contribution in [0.5, 0.6) is 0 Å². The molecule has 0 amide bonds. The summed E-state index contributed by atoms with van der Waals surface area (Å²) >= 11 is 0. The Kier molecular flexibility index (Phi) is 9.24. The average molecular weight is 421 g/mol. The van der Waals surface area contributed by atoms with E-state index in [1.807, 2.05) is 0 Å². The highest BCUT2D eigenvalue weighted by molar-refractivity contribution is 5.11. The van der Waals surface area contributed by atoms with Gasteiger partial charge < -0.3 is 4.74 Å². The molecule has 30 heavy (non-hydrogen) atoms. The molecule has 0 aromatic carbocycles. The smallest absolute Gasteiger partial charge is 0.157 e. The molecular formula is C27H42F2O. The van der Waals surface area contributed by atoms with Crippen molar-refractivity contribution in [3.63, 3.8) is 0 Å². The fraction of sp³-hybridized carbons (Fsp3) is 0.852. The van der Waals surface area contributed by atoms with E-state index in [1.54, 1.807) is 5.57 Å². The van der Waals surface area contributed by atoms with E-state index < -0.39 is 18.4 Å². The first-order valence-electron chi connectivity index (χ1n) is 12.6. The minimum absolute atomic E-state index is 0.148. The fourth-order valence-corrected chi connectivity index (χ4v) is 6.01. The molecule has 6 unspecified atom stereocenters. The van der Waals surface area contributed by atoms with Crippen LogP contribution in [0.3, 0.4) is 0 Å². The van der Waals surface area contributed by atoms with Gasteiger partial charge in [0.1, 0.15) is 12.3 Å². The quantitative estimate of drug-likeness (QED) is 0.223. The molecule has 6 atom stereocenters. The number of hydrogen-bond acceptors (Lipinski definition) is 1. The van der Waals surface area contributed by atoms with E-state index in [-0.39, 0.29) is 12.0 Å². The Balaban J connectivity index is 1.47. The highest BCUT2D eigenvalue weighted by Gasteiger charge is 2.45. The van der Waals surface area contributed by atoms with E-state index in [4.69, 9.17) is 11.2 Å². The Hall–Kier alpha value is -0.880. The van der Waals surface area contributed by atoms with Crippen LogP contribution in [0.4, 0.5) is 8.78 Å². The number of halogens is 2. The van der Waals surface area contributed by atoms with Crippen molar-refractivity contribution in [2.75, 3.05) is 0 Å².